The molecule has 0 unspecified atom stereocenters. The van der Waals surface area contributed by atoms with Crippen molar-refractivity contribution in [3.05, 3.63) is 29.8 Å². The number of nitrogens with one attached hydrogen (secondary N) is 1. The number of aromatic nitrogens is 4. The maximum absolute atomic E-state index is 12.4. The normalized spacial score (nSPS) is 13.6. The fourth-order valence-electron chi connectivity index (χ4n) is 2.03. The molecule has 2 aromatic rings. The SMILES string of the molecule is CC[C@@H](C)c1ccccc1NC(=O)[C@@H](C)Sc1nnnn1C. The number of nitrogens with zero attached hydrogens (tertiary/aromatic N) is 4. The van der Waals surface area contributed by atoms with E-state index in [1.54, 1.807) is 11.7 Å². The lowest BCUT2D eigenvalue weighted by atomic mass is 9.97. The Morgan fingerprint density at radius 3 is 2.73 bits per heavy atom. The minimum absolute atomic E-state index is 0.0521. The van der Waals surface area contributed by atoms with Crippen LogP contribution < -0.4 is 5.32 Å². The average Bonchev–Trinajstić information content (AvgIpc) is 2.92. The number of aryl methyl sites for hydroxylation is 1. The first kappa shape index (κ1) is 16.5. The molecule has 6 nitrogen and oxygen atoms in total. The van der Waals surface area contributed by atoms with E-state index in [1.165, 1.54) is 11.8 Å². The molecule has 22 heavy (non-hydrogen) atoms. The van der Waals surface area contributed by atoms with Crippen molar-refractivity contribution in [3.8, 4) is 0 Å². The molecule has 1 N–H and O–H groups in total. The molecule has 1 amide bonds. The number of carbonyl (C=O) groups is 1. The Kier molecular flexibility index (Phi) is 5.54. The highest BCUT2D eigenvalue weighted by Gasteiger charge is 2.19. The van der Waals surface area contributed by atoms with Crippen LogP contribution in [0.5, 0.6) is 0 Å². The number of anilines is 1. The third kappa shape index (κ3) is 3.85. The zero-order chi connectivity index (χ0) is 16.1. The Labute approximate surface area is 134 Å². The molecule has 1 aromatic carbocycles. The van der Waals surface area contributed by atoms with E-state index in [1.807, 2.05) is 25.1 Å². The lowest BCUT2D eigenvalue weighted by Gasteiger charge is -2.17. The summed E-state index contributed by atoms with van der Waals surface area (Å²) < 4.78 is 1.56. The van der Waals surface area contributed by atoms with Gasteiger partial charge in [0.15, 0.2) is 0 Å². The highest BCUT2D eigenvalue weighted by molar-refractivity contribution is 8.00. The first-order valence-corrected chi connectivity index (χ1v) is 8.19. The highest BCUT2D eigenvalue weighted by atomic mass is 32.2. The molecule has 7 heteroatoms. The van der Waals surface area contributed by atoms with Gasteiger partial charge in [-0.05, 0) is 41.3 Å². The van der Waals surface area contributed by atoms with Gasteiger partial charge in [0.2, 0.25) is 11.1 Å². The molecule has 1 heterocycles. The van der Waals surface area contributed by atoms with Gasteiger partial charge in [-0.1, -0.05) is 43.8 Å². The third-order valence-corrected chi connectivity index (χ3v) is 4.72. The first-order chi connectivity index (χ1) is 10.5. The van der Waals surface area contributed by atoms with Gasteiger partial charge >= 0.3 is 0 Å². The van der Waals surface area contributed by atoms with Gasteiger partial charge in [-0.2, -0.15) is 0 Å². The van der Waals surface area contributed by atoms with Crippen LogP contribution in [0.2, 0.25) is 0 Å². The van der Waals surface area contributed by atoms with Crippen LogP contribution in [-0.2, 0) is 11.8 Å². The Bertz CT molecular complexity index is 642. The summed E-state index contributed by atoms with van der Waals surface area (Å²) in [7, 11) is 1.76. The van der Waals surface area contributed by atoms with Crippen LogP contribution in [0.4, 0.5) is 5.69 Å². The zero-order valence-electron chi connectivity index (χ0n) is 13.3. The molecule has 118 valence electrons. The number of hydrogen-bond acceptors (Lipinski definition) is 5. The van der Waals surface area contributed by atoms with Crippen molar-refractivity contribution in [2.24, 2.45) is 7.05 Å². The number of para-hydroxylation sites is 1. The third-order valence-electron chi connectivity index (χ3n) is 3.59. The number of benzene rings is 1. The van der Waals surface area contributed by atoms with E-state index in [-0.39, 0.29) is 11.2 Å². The maximum Gasteiger partial charge on any atom is 0.237 e. The molecule has 0 spiro atoms. The highest BCUT2D eigenvalue weighted by Crippen LogP contribution is 2.27. The van der Waals surface area contributed by atoms with E-state index in [4.69, 9.17) is 0 Å². The number of tetrazole rings is 1. The van der Waals surface area contributed by atoms with Crippen LogP contribution >= 0.6 is 11.8 Å². The van der Waals surface area contributed by atoms with Crippen LogP contribution in [0.3, 0.4) is 0 Å². The molecule has 0 aliphatic heterocycles. The second kappa shape index (κ2) is 7.40. The van der Waals surface area contributed by atoms with Crippen LogP contribution in [-0.4, -0.2) is 31.4 Å². The summed E-state index contributed by atoms with van der Waals surface area (Å²) >= 11 is 1.34. The average molecular weight is 319 g/mol. The summed E-state index contributed by atoms with van der Waals surface area (Å²) in [6.45, 7) is 6.15. The molecular weight excluding hydrogens is 298 g/mol. The van der Waals surface area contributed by atoms with E-state index in [2.05, 4.69) is 40.8 Å². The molecule has 0 bridgehead atoms. The molecule has 2 rings (SSSR count). The summed E-state index contributed by atoms with van der Waals surface area (Å²) in [4.78, 5) is 12.4. The van der Waals surface area contributed by atoms with Crippen molar-refractivity contribution in [1.82, 2.24) is 20.2 Å². The molecule has 0 radical (unpaired) electrons. The molecular formula is C15H21N5OS. The number of thioether (sulfide) groups is 1. The van der Waals surface area contributed by atoms with Gasteiger partial charge in [0.25, 0.3) is 0 Å². The summed E-state index contributed by atoms with van der Waals surface area (Å²) in [5.41, 5.74) is 2.04. The van der Waals surface area contributed by atoms with E-state index >= 15 is 0 Å². The number of hydrogen-bond donors (Lipinski definition) is 1. The summed E-state index contributed by atoms with van der Waals surface area (Å²) in [6.07, 6.45) is 1.03. The van der Waals surface area contributed by atoms with Crippen molar-refractivity contribution >= 4 is 23.4 Å². The van der Waals surface area contributed by atoms with E-state index in [0.29, 0.717) is 11.1 Å². The fraction of sp³-hybridized carbons (Fsp3) is 0.467. The Balaban J connectivity index is 2.07. The van der Waals surface area contributed by atoms with Gasteiger partial charge in [-0.3, -0.25) is 4.79 Å². The minimum Gasteiger partial charge on any atom is -0.325 e. The van der Waals surface area contributed by atoms with Gasteiger partial charge in [0.1, 0.15) is 0 Å². The second-order valence-corrected chi connectivity index (χ2v) is 6.54. The molecule has 0 fully saturated rings. The lowest BCUT2D eigenvalue weighted by molar-refractivity contribution is -0.115. The van der Waals surface area contributed by atoms with Crippen molar-refractivity contribution < 1.29 is 4.79 Å². The van der Waals surface area contributed by atoms with Crippen LogP contribution in [0.15, 0.2) is 29.4 Å². The minimum atomic E-state index is -0.283. The number of carbonyl (C=O) groups excluding carboxylic acids is 1. The van der Waals surface area contributed by atoms with Crippen LogP contribution in [0.1, 0.15) is 38.7 Å². The monoisotopic (exact) mass is 319 g/mol. The number of rotatable bonds is 6. The molecule has 1 aromatic heterocycles. The summed E-state index contributed by atoms with van der Waals surface area (Å²) in [5.74, 6) is 0.353. The standard InChI is InChI=1S/C15H21N5OS/c1-5-10(2)12-8-6-7-9-13(12)16-14(21)11(3)22-15-17-18-19-20(15)4/h6-11H,5H2,1-4H3,(H,16,21)/t10-,11-/m1/s1. The molecule has 2 atom stereocenters. The van der Waals surface area contributed by atoms with E-state index < -0.39 is 0 Å². The van der Waals surface area contributed by atoms with E-state index in [0.717, 1.165) is 17.7 Å². The molecule has 0 saturated carbocycles. The Morgan fingerprint density at radius 1 is 1.36 bits per heavy atom. The summed E-state index contributed by atoms with van der Waals surface area (Å²) in [5, 5.41) is 14.6. The lowest BCUT2D eigenvalue weighted by Crippen LogP contribution is -2.23. The van der Waals surface area contributed by atoms with E-state index in [9.17, 15) is 4.79 Å². The second-order valence-electron chi connectivity index (χ2n) is 5.23. The van der Waals surface area contributed by atoms with Gasteiger partial charge in [-0.25, -0.2) is 4.68 Å². The van der Waals surface area contributed by atoms with Gasteiger partial charge in [-0.15, -0.1) is 5.10 Å². The molecule has 0 aliphatic carbocycles. The number of amides is 1. The zero-order valence-corrected chi connectivity index (χ0v) is 14.1. The largest absolute Gasteiger partial charge is 0.325 e. The molecule has 0 aliphatic rings. The van der Waals surface area contributed by atoms with Gasteiger partial charge in [0, 0.05) is 12.7 Å². The Morgan fingerprint density at radius 2 is 2.09 bits per heavy atom. The predicted octanol–water partition coefficient (Wildman–Crippen LogP) is 2.84. The van der Waals surface area contributed by atoms with Crippen molar-refractivity contribution in [2.75, 3.05) is 5.32 Å². The van der Waals surface area contributed by atoms with Crippen molar-refractivity contribution in [2.45, 2.75) is 43.5 Å². The quantitative estimate of drug-likeness (QED) is 0.829. The first-order valence-electron chi connectivity index (χ1n) is 7.31. The van der Waals surface area contributed by atoms with Crippen LogP contribution in [0, 0.1) is 0 Å². The smallest absolute Gasteiger partial charge is 0.237 e. The summed E-state index contributed by atoms with van der Waals surface area (Å²) in [6, 6.07) is 7.95. The predicted molar refractivity (Wildman–Crippen MR) is 87.9 cm³/mol. The maximum atomic E-state index is 12.4. The van der Waals surface area contributed by atoms with Gasteiger partial charge in [0.05, 0.1) is 5.25 Å². The van der Waals surface area contributed by atoms with Gasteiger partial charge < -0.3 is 5.32 Å². The Hall–Kier alpha value is -1.89. The fourth-order valence-corrected chi connectivity index (χ4v) is 2.78. The van der Waals surface area contributed by atoms with Crippen molar-refractivity contribution in [1.29, 1.82) is 0 Å². The van der Waals surface area contributed by atoms with Crippen molar-refractivity contribution in [3.63, 3.8) is 0 Å². The molecule has 0 saturated heterocycles. The van der Waals surface area contributed by atoms with Crippen LogP contribution in [0.25, 0.3) is 0 Å². The topological polar surface area (TPSA) is 72.7 Å².